The molecule has 2 atom stereocenters. The molecular weight excluding hydrogens is 409 g/mol. The fourth-order valence-corrected chi connectivity index (χ4v) is 5.21. The molecule has 5 nitrogen and oxygen atoms in total. The van der Waals surface area contributed by atoms with Gasteiger partial charge in [-0.3, -0.25) is 4.98 Å². The predicted octanol–water partition coefficient (Wildman–Crippen LogP) is 3.95. The molecule has 10 heteroatoms. The zero-order chi connectivity index (χ0) is 20.1. The first-order chi connectivity index (χ1) is 13.4. The van der Waals surface area contributed by atoms with E-state index in [1.165, 1.54) is 57.3 Å². The van der Waals surface area contributed by atoms with E-state index in [9.17, 15) is 18.3 Å². The van der Waals surface area contributed by atoms with E-state index in [4.69, 9.17) is 0 Å². The summed E-state index contributed by atoms with van der Waals surface area (Å²) < 4.78 is 43.3. The van der Waals surface area contributed by atoms with E-state index in [1.54, 1.807) is 6.92 Å². The quantitative estimate of drug-likeness (QED) is 0.551. The average molecular weight is 426 g/mol. The first-order valence-corrected chi connectivity index (χ1v) is 10.7. The van der Waals surface area contributed by atoms with Gasteiger partial charge in [0.2, 0.25) is 0 Å². The minimum atomic E-state index is -1.78. The molecule has 3 aromatic rings. The molecule has 0 saturated heterocycles. The Balaban J connectivity index is 1.81. The number of aromatic nitrogens is 4. The third-order valence-corrected chi connectivity index (χ3v) is 7.01. The maximum absolute atomic E-state index is 14.4. The first kappa shape index (κ1) is 20.7. The van der Waals surface area contributed by atoms with E-state index in [2.05, 4.69) is 15.1 Å². The van der Waals surface area contributed by atoms with Crippen LogP contribution < -0.4 is 0 Å². The van der Waals surface area contributed by atoms with E-state index < -0.39 is 28.3 Å². The monoisotopic (exact) mass is 426 g/mol. The van der Waals surface area contributed by atoms with Crippen LogP contribution in [0.25, 0.3) is 0 Å². The van der Waals surface area contributed by atoms with E-state index in [0.29, 0.717) is 0 Å². The highest BCUT2D eigenvalue weighted by molar-refractivity contribution is 8.76. The largest absolute Gasteiger partial charge is 0.382 e. The molecule has 0 aliphatic carbocycles. The fraction of sp³-hybridized carbons (Fsp3) is 0.278. The molecule has 1 aromatic carbocycles. The lowest BCUT2D eigenvalue weighted by atomic mass is 9.90. The standard InChI is InChI=1S/C18H17F3N4OS2/c1-12(28-27-8-17-16(21)3-2-6-23-17)18(26,9-25-11-22-10-24-25)14-7-13(19)4-5-15(14)20/h2-7,10-12,26H,8-9H2,1H3/t12-,18-/m1/s1. The maximum Gasteiger partial charge on any atom is 0.145 e. The van der Waals surface area contributed by atoms with Crippen LogP contribution in [0, 0.1) is 17.5 Å². The van der Waals surface area contributed by atoms with Gasteiger partial charge >= 0.3 is 0 Å². The van der Waals surface area contributed by atoms with Gasteiger partial charge in [-0.15, -0.1) is 0 Å². The molecule has 0 saturated carbocycles. The summed E-state index contributed by atoms with van der Waals surface area (Å²) in [5, 5.41) is 14.7. The molecule has 1 N–H and O–H groups in total. The average Bonchev–Trinajstić information content (AvgIpc) is 3.17. The molecule has 0 spiro atoms. The van der Waals surface area contributed by atoms with Crippen molar-refractivity contribution in [3.05, 3.63) is 77.9 Å². The molecule has 28 heavy (non-hydrogen) atoms. The smallest absolute Gasteiger partial charge is 0.145 e. The number of aliphatic hydroxyl groups is 1. The number of nitrogens with zero attached hydrogens (tertiary/aromatic N) is 4. The highest BCUT2D eigenvalue weighted by Crippen LogP contribution is 2.42. The summed E-state index contributed by atoms with van der Waals surface area (Å²) >= 11 is 0. The second-order valence-electron chi connectivity index (χ2n) is 6.07. The van der Waals surface area contributed by atoms with E-state index >= 15 is 0 Å². The van der Waals surface area contributed by atoms with Crippen LogP contribution in [0.4, 0.5) is 13.2 Å². The molecule has 0 aliphatic heterocycles. The number of rotatable bonds is 8. The minimum Gasteiger partial charge on any atom is -0.382 e. The van der Waals surface area contributed by atoms with Crippen molar-refractivity contribution in [2.24, 2.45) is 0 Å². The van der Waals surface area contributed by atoms with E-state index in [-0.39, 0.29) is 23.6 Å². The Morgan fingerprint density at radius 1 is 1.21 bits per heavy atom. The Morgan fingerprint density at radius 2 is 2.04 bits per heavy atom. The Labute approximate surface area is 167 Å². The second kappa shape index (κ2) is 8.97. The normalized spacial score (nSPS) is 14.6. The van der Waals surface area contributed by atoms with Crippen LogP contribution in [-0.2, 0) is 17.9 Å². The second-order valence-corrected chi connectivity index (χ2v) is 8.78. The summed E-state index contributed by atoms with van der Waals surface area (Å²) in [7, 11) is 2.49. The van der Waals surface area contributed by atoms with Crippen LogP contribution in [0.2, 0.25) is 0 Å². The molecule has 148 valence electrons. The van der Waals surface area contributed by atoms with Crippen molar-refractivity contribution in [1.29, 1.82) is 0 Å². The van der Waals surface area contributed by atoms with Crippen molar-refractivity contribution in [2.45, 2.75) is 30.1 Å². The van der Waals surface area contributed by atoms with Crippen molar-refractivity contribution in [3.63, 3.8) is 0 Å². The lowest BCUT2D eigenvalue weighted by Gasteiger charge is -2.34. The molecule has 0 aliphatic rings. The summed E-state index contributed by atoms with van der Waals surface area (Å²) in [5.41, 5.74) is -1.67. The Morgan fingerprint density at radius 3 is 2.75 bits per heavy atom. The number of hydrogen-bond acceptors (Lipinski definition) is 6. The molecule has 0 unspecified atom stereocenters. The maximum atomic E-state index is 14.4. The summed E-state index contributed by atoms with van der Waals surface area (Å²) in [6, 6.07) is 5.77. The molecule has 0 radical (unpaired) electrons. The van der Waals surface area contributed by atoms with Gasteiger partial charge in [-0.2, -0.15) is 5.10 Å². The Kier molecular flexibility index (Phi) is 6.63. The lowest BCUT2D eigenvalue weighted by Crippen LogP contribution is -2.41. The van der Waals surface area contributed by atoms with Gasteiger partial charge in [-0.1, -0.05) is 21.6 Å². The van der Waals surface area contributed by atoms with Crippen molar-refractivity contribution in [2.75, 3.05) is 0 Å². The van der Waals surface area contributed by atoms with E-state index in [1.807, 2.05) is 0 Å². The van der Waals surface area contributed by atoms with Crippen molar-refractivity contribution in [1.82, 2.24) is 19.7 Å². The van der Waals surface area contributed by atoms with Crippen LogP contribution in [0.5, 0.6) is 0 Å². The number of pyridine rings is 1. The zero-order valence-electron chi connectivity index (χ0n) is 14.8. The Hall–Kier alpha value is -2.04. The van der Waals surface area contributed by atoms with Gasteiger partial charge < -0.3 is 5.11 Å². The fourth-order valence-electron chi connectivity index (χ4n) is 2.62. The van der Waals surface area contributed by atoms with E-state index in [0.717, 1.165) is 18.2 Å². The zero-order valence-corrected chi connectivity index (χ0v) is 16.4. The van der Waals surface area contributed by atoms with Crippen LogP contribution in [-0.4, -0.2) is 30.1 Å². The van der Waals surface area contributed by atoms with Gasteiger partial charge in [0.05, 0.1) is 12.2 Å². The minimum absolute atomic E-state index is 0.125. The molecule has 0 fully saturated rings. The summed E-state index contributed by atoms with van der Waals surface area (Å²) in [4.78, 5) is 7.80. The van der Waals surface area contributed by atoms with Gasteiger partial charge in [0, 0.05) is 22.8 Å². The Bertz CT molecular complexity index is 929. The first-order valence-electron chi connectivity index (χ1n) is 8.28. The van der Waals surface area contributed by atoms with Crippen LogP contribution in [0.15, 0.2) is 49.2 Å². The van der Waals surface area contributed by atoms with Gasteiger partial charge in [-0.25, -0.2) is 22.8 Å². The third kappa shape index (κ3) is 4.68. The molecule has 2 heterocycles. The molecule has 2 aromatic heterocycles. The number of hydrogen-bond donors (Lipinski definition) is 1. The predicted molar refractivity (Wildman–Crippen MR) is 103 cm³/mol. The van der Waals surface area contributed by atoms with Gasteiger partial charge in [0.25, 0.3) is 0 Å². The van der Waals surface area contributed by atoms with Gasteiger partial charge in [0.1, 0.15) is 35.7 Å². The van der Waals surface area contributed by atoms with Crippen molar-refractivity contribution >= 4 is 21.6 Å². The van der Waals surface area contributed by atoms with Gasteiger partial charge in [-0.05, 0) is 37.3 Å². The van der Waals surface area contributed by atoms with Gasteiger partial charge in [0.15, 0.2) is 0 Å². The highest BCUT2D eigenvalue weighted by Gasteiger charge is 2.40. The van der Waals surface area contributed by atoms with Crippen LogP contribution in [0.3, 0.4) is 0 Å². The molecule has 3 rings (SSSR count). The SMILES string of the molecule is C[C@@H](SSCc1ncccc1F)[C@](O)(Cn1cncn1)c1cc(F)ccc1F. The summed E-state index contributed by atoms with van der Waals surface area (Å²) in [6.45, 7) is 1.56. The topological polar surface area (TPSA) is 63.8 Å². The lowest BCUT2D eigenvalue weighted by molar-refractivity contribution is 0.0134. The summed E-state index contributed by atoms with van der Waals surface area (Å²) in [5.74, 6) is -1.55. The van der Waals surface area contributed by atoms with Crippen molar-refractivity contribution < 1.29 is 18.3 Å². The number of benzene rings is 1. The highest BCUT2D eigenvalue weighted by atomic mass is 33.1. The summed E-state index contributed by atoms with van der Waals surface area (Å²) in [6.07, 6.45) is 4.17. The molecule has 0 amide bonds. The van der Waals surface area contributed by atoms with Crippen LogP contribution in [0.1, 0.15) is 18.2 Å². The van der Waals surface area contributed by atoms with Crippen LogP contribution >= 0.6 is 21.6 Å². The molecule has 0 bridgehead atoms. The number of halogens is 3. The third-order valence-electron chi connectivity index (χ3n) is 4.18. The molecular formula is C18H17F3N4OS2. The van der Waals surface area contributed by atoms with Crippen molar-refractivity contribution in [3.8, 4) is 0 Å².